The third-order valence-corrected chi connectivity index (χ3v) is 3.30. The van der Waals surface area contributed by atoms with E-state index < -0.39 is 9.28 Å². The van der Waals surface area contributed by atoms with Crippen LogP contribution in [-0.2, 0) is 14.9 Å². The number of halogens is 1. The lowest BCUT2D eigenvalue weighted by molar-refractivity contribution is 0.277. The van der Waals surface area contributed by atoms with Crippen LogP contribution in [0.4, 0.5) is 4.39 Å². The molecule has 4 heteroatoms. The second kappa shape index (κ2) is 5.11. The molecule has 0 bridgehead atoms. The highest BCUT2D eigenvalue weighted by atomic mass is 28.3. The largest absolute Gasteiger partial charge is 0.397 e. The van der Waals surface area contributed by atoms with Crippen LogP contribution in [0.25, 0.3) is 0 Å². The molecule has 1 radical (unpaired) electrons. The van der Waals surface area contributed by atoms with Crippen molar-refractivity contribution < 1.29 is 13.2 Å². The van der Waals surface area contributed by atoms with Crippen LogP contribution < -0.4 is 0 Å². The first kappa shape index (κ1) is 10.4. The van der Waals surface area contributed by atoms with E-state index in [2.05, 4.69) is 0 Å². The van der Waals surface area contributed by atoms with Crippen molar-refractivity contribution in [3.8, 4) is 0 Å². The Morgan fingerprint density at radius 3 is 2.54 bits per heavy atom. The van der Waals surface area contributed by atoms with Crippen molar-refractivity contribution in [2.24, 2.45) is 0 Å². The van der Waals surface area contributed by atoms with Gasteiger partial charge in [0.15, 0.2) is 0 Å². The molecule has 0 saturated heterocycles. The Kier molecular flexibility index (Phi) is 4.08. The normalized spacial score (nSPS) is 10.8. The average molecular weight is 199 g/mol. The molecule has 0 aliphatic heterocycles. The molecule has 0 aliphatic carbocycles. The third kappa shape index (κ3) is 3.26. The zero-order valence-corrected chi connectivity index (χ0v) is 8.71. The molecule has 71 valence electrons. The summed E-state index contributed by atoms with van der Waals surface area (Å²) in [6.07, 6.45) is 0. The molecule has 0 fully saturated rings. The van der Waals surface area contributed by atoms with Crippen LogP contribution >= 0.6 is 0 Å². The van der Waals surface area contributed by atoms with Gasteiger partial charge < -0.3 is 8.85 Å². The molecule has 1 aromatic rings. The molecule has 0 spiro atoms. The molecule has 0 aliphatic rings. The Balaban J connectivity index is 2.62. The zero-order valence-electron chi connectivity index (χ0n) is 7.71. The Hall–Kier alpha value is -0.713. The minimum atomic E-state index is -1.26. The Morgan fingerprint density at radius 1 is 1.31 bits per heavy atom. The Morgan fingerprint density at radius 2 is 2.00 bits per heavy atom. The summed E-state index contributed by atoms with van der Waals surface area (Å²) in [5.74, 6) is -0.217. The van der Waals surface area contributed by atoms with E-state index in [4.69, 9.17) is 8.85 Å². The lowest BCUT2D eigenvalue weighted by atomic mass is 10.2. The standard InChI is InChI=1S/C9H12FO2Si/c1-11-13(12-2)7-8-4-3-5-9(10)6-8/h3-6H,7H2,1-2H3. The lowest BCUT2D eigenvalue weighted by Crippen LogP contribution is -2.22. The monoisotopic (exact) mass is 199 g/mol. The van der Waals surface area contributed by atoms with Gasteiger partial charge in [-0.25, -0.2) is 4.39 Å². The fraction of sp³-hybridized carbons (Fsp3) is 0.333. The fourth-order valence-corrected chi connectivity index (χ4v) is 2.05. The van der Waals surface area contributed by atoms with Gasteiger partial charge in [0, 0.05) is 20.3 Å². The van der Waals surface area contributed by atoms with E-state index in [-0.39, 0.29) is 5.82 Å². The van der Waals surface area contributed by atoms with Crippen LogP contribution in [0.5, 0.6) is 0 Å². The van der Waals surface area contributed by atoms with Crippen molar-refractivity contribution in [3.05, 3.63) is 35.6 Å². The summed E-state index contributed by atoms with van der Waals surface area (Å²) in [5, 5.41) is 0. The molecular formula is C9H12FO2Si. The van der Waals surface area contributed by atoms with Gasteiger partial charge in [0.25, 0.3) is 0 Å². The topological polar surface area (TPSA) is 18.5 Å². The van der Waals surface area contributed by atoms with Crippen molar-refractivity contribution in [2.45, 2.75) is 6.04 Å². The van der Waals surface area contributed by atoms with Crippen molar-refractivity contribution >= 4 is 9.28 Å². The maximum atomic E-state index is 12.8. The highest BCUT2D eigenvalue weighted by molar-refractivity contribution is 6.43. The molecule has 0 saturated carbocycles. The molecular weight excluding hydrogens is 187 g/mol. The van der Waals surface area contributed by atoms with Crippen LogP contribution in [0.1, 0.15) is 5.56 Å². The number of benzene rings is 1. The van der Waals surface area contributed by atoms with Gasteiger partial charge in [-0.3, -0.25) is 0 Å². The molecule has 0 heterocycles. The van der Waals surface area contributed by atoms with E-state index in [1.807, 2.05) is 6.07 Å². The van der Waals surface area contributed by atoms with Gasteiger partial charge in [0.05, 0.1) is 0 Å². The SMILES string of the molecule is CO[Si](Cc1cccc(F)c1)OC. The van der Waals surface area contributed by atoms with Gasteiger partial charge in [0.1, 0.15) is 5.82 Å². The average Bonchev–Trinajstić information content (AvgIpc) is 2.14. The molecule has 2 nitrogen and oxygen atoms in total. The molecule has 0 amide bonds. The summed E-state index contributed by atoms with van der Waals surface area (Å²) in [6, 6.07) is 7.15. The summed E-state index contributed by atoms with van der Waals surface area (Å²) in [5.41, 5.74) is 0.914. The first-order chi connectivity index (χ1) is 6.26. The number of hydrogen-bond acceptors (Lipinski definition) is 2. The van der Waals surface area contributed by atoms with Gasteiger partial charge in [-0.05, 0) is 17.7 Å². The van der Waals surface area contributed by atoms with E-state index in [0.29, 0.717) is 6.04 Å². The molecule has 0 unspecified atom stereocenters. The van der Waals surface area contributed by atoms with Gasteiger partial charge in [0.2, 0.25) is 0 Å². The minimum absolute atomic E-state index is 0.217. The first-order valence-corrected chi connectivity index (χ1v) is 5.47. The van der Waals surface area contributed by atoms with Crippen LogP contribution in [0.15, 0.2) is 24.3 Å². The third-order valence-electron chi connectivity index (χ3n) is 1.69. The second-order valence-electron chi connectivity index (χ2n) is 2.59. The summed E-state index contributed by atoms with van der Waals surface area (Å²) in [7, 11) is 1.96. The van der Waals surface area contributed by atoms with Crippen LogP contribution in [0.2, 0.25) is 0 Å². The van der Waals surface area contributed by atoms with E-state index in [0.717, 1.165) is 5.56 Å². The zero-order chi connectivity index (χ0) is 9.68. The van der Waals surface area contributed by atoms with Crippen molar-refractivity contribution in [2.75, 3.05) is 14.2 Å². The summed E-state index contributed by atoms with van der Waals surface area (Å²) in [4.78, 5) is 0. The van der Waals surface area contributed by atoms with Gasteiger partial charge in [-0.15, -0.1) is 0 Å². The smallest absolute Gasteiger partial charge is 0.388 e. The van der Waals surface area contributed by atoms with E-state index >= 15 is 0 Å². The van der Waals surface area contributed by atoms with Crippen molar-refractivity contribution in [1.29, 1.82) is 0 Å². The van der Waals surface area contributed by atoms with Gasteiger partial charge in [-0.1, -0.05) is 12.1 Å². The summed E-state index contributed by atoms with van der Waals surface area (Å²) in [6.45, 7) is 0. The van der Waals surface area contributed by atoms with Crippen LogP contribution in [0.3, 0.4) is 0 Å². The van der Waals surface area contributed by atoms with Crippen molar-refractivity contribution in [3.63, 3.8) is 0 Å². The molecule has 0 aromatic heterocycles. The molecule has 13 heavy (non-hydrogen) atoms. The van der Waals surface area contributed by atoms with E-state index in [1.54, 1.807) is 20.3 Å². The molecule has 0 N–H and O–H groups in total. The quantitative estimate of drug-likeness (QED) is 0.687. The number of hydrogen-bond donors (Lipinski definition) is 0. The van der Waals surface area contributed by atoms with Gasteiger partial charge >= 0.3 is 9.28 Å². The molecule has 1 aromatic carbocycles. The van der Waals surface area contributed by atoms with E-state index in [1.165, 1.54) is 12.1 Å². The van der Waals surface area contributed by atoms with Gasteiger partial charge in [-0.2, -0.15) is 0 Å². The second-order valence-corrected chi connectivity index (χ2v) is 4.50. The van der Waals surface area contributed by atoms with E-state index in [9.17, 15) is 4.39 Å². The minimum Gasteiger partial charge on any atom is -0.397 e. The highest BCUT2D eigenvalue weighted by Gasteiger charge is 2.12. The maximum Gasteiger partial charge on any atom is 0.388 e. The fourth-order valence-electron chi connectivity index (χ4n) is 1.04. The Labute approximate surface area is 79.1 Å². The summed E-state index contributed by atoms with van der Waals surface area (Å²) < 4.78 is 23.0. The predicted molar refractivity (Wildman–Crippen MR) is 49.9 cm³/mol. The first-order valence-electron chi connectivity index (χ1n) is 3.94. The lowest BCUT2D eigenvalue weighted by Gasteiger charge is -2.08. The van der Waals surface area contributed by atoms with Crippen LogP contribution in [0, 0.1) is 5.82 Å². The molecule has 0 atom stereocenters. The predicted octanol–water partition coefficient (Wildman–Crippen LogP) is 1.69. The number of rotatable bonds is 4. The maximum absolute atomic E-state index is 12.8. The van der Waals surface area contributed by atoms with Crippen LogP contribution in [-0.4, -0.2) is 23.5 Å². The Bertz CT molecular complexity index is 264. The summed E-state index contributed by atoms with van der Waals surface area (Å²) >= 11 is 0. The highest BCUT2D eigenvalue weighted by Crippen LogP contribution is 2.06. The molecule has 1 rings (SSSR count). The van der Waals surface area contributed by atoms with Crippen molar-refractivity contribution in [1.82, 2.24) is 0 Å².